The maximum absolute atomic E-state index is 11.9. The highest BCUT2D eigenvalue weighted by molar-refractivity contribution is 7.90. The predicted octanol–water partition coefficient (Wildman–Crippen LogP) is 1.10. The van der Waals surface area contributed by atoms with E-state index in [1.807, 2.05) is 11.6 Å². The molecule has 0 radical (unpaired) electrons. The number of nitrogens with one attached hydrogen (secondary N) is 1. The number of ether oxygens (including phenoxy) is 1. The molecule has 1 aliphatic heterocycles. The number of hydrogen-bond acceptors (Lipinski definition) is 4. The van der Waals surface area contributed by atoms with Crippen molar-refractivity contribution in [1.82, 2.24) is 4.72 Å². The molecule has 0 fully saturated rings. The van der Waals surface area contributed by atoms with Crippen LogP contribution in [0.5, 0.6) is 0 Å². The third-order valence-electron chi connectivity index (χ3n) is 2.56. The Balaban J connectivity index is 2.17. The van der Waals surface area contributed by atoms with Crippen molar-refractivity contribution < 1.29 is 17.9 Å². The molecule has 96 valence electrons. The molecule has 0 spiro atoms. The summed E-state index contributed by atoms with van der Waals surface area (Å²) in [6.07, 6.45) is 1.72. The Morgan fingerprint density at radius 2 is 1.94 bits per heavy atom. The van der Waals surface area contributed by atoms with E-state index in [0.29, 0.717) is 18.6 Å². The van der Waals surface area contributed by atoms with Crippen molar-refractivity contribution in [2.45, 2.75) is 18.2 Å². The predicted molar refractivity (Wildman–Crippen MR) is 65.2 cm³/mol. The fraction of sp³-hybridized carbons (Fsp3) is 0.250. The number of amides is 1. The second-order valence-corrected chi connectivity index (χ2v) is 5.69. The number of sulfonamides is 1. The molecule has 0 aliphatic carbocycles. The van der Waals surface area contributed by atoms with Crippen LogP contribution < -0.4 is 4.72 Å². The van der Waals surface area contributed by atoms with Crippen LogP contribution in [0, 0.1) is 6.92 Å². The van der Waals surface area contributed by atoms with Crippen molar-refractivity contribution in [2.24, 2.45) is 0 Å². The number of benzene rings is 1. The van der Waals surface area contributed by atoms with E-state index in [4.69, 9.17) is 4.74 Å². The molecule has 1 heterocycles. The van der Waals surface area contributed by atoms with Gasteiger partial charge in [-0.25, -0.2) is 13.1 Å². The van der Waals surface area contributed by atoms with Gasteiger partial charge in [0, 0.05) is 6.42 Å². The third-order valence-corrected chi connectivity index (χ3v) is 3.91. The molecular weight excluding hydrogens is 254 g/mol. The largest absolute Gasteiger partial charge is 0.500 e. The van der Waals surface area contributed by atoms with Crippen LogP contribution in [-0.2, 0) is 19.6 Å². The normalized spacial score (nSPS) is 14.8. The topological polar surface area (TPSA) is 72.5 Å². The van der Waals surface area contributed by atoms with E-state index < -0.39 is 15.9 Å². The summed E-state index contributed by atoms with van der Waals surface area (Å²) < 4.78 is 30.7. The fourth-order valence-electron chi connectivity index (χ4n) is 1.52. The summed E-state index contributed by atoms with van der Waals surface area (Å²) in [5, 5.41) is 0. The van der Waals surface area contributed by atoms with Gasteiger partial charge < -0.3 is 4.74 Å². The summed E-state index contributed by atoms with van der Waals surface area (Å²) in [4.78, 5) is 11.7. The second kappa shape index (κ2) is 4.81. The monoisotopic (exact) mass is 267 g/mol. The highest BCUT2D eigenvalue weighted by Crippen LogP contribution is 2.13. The number of rotatable bonds is 3. The first kappa shape index (κ1) is 12.6. The van der Waals surface area contributed by atoms with Crippen LogP contribution in [0.25, 0.3) is 0 Å². The summed E-state index contributed by atoms with van der Waals surface area (Å²) in [6.45, 7) is 2.27. The van der Waals surface area contributed by atoms with E-state index in [9.17, 15) is 13.2 Å². The van der Waals surface area contributed by atoms with E-state index >= 15 is 0 Å². The van der Waals surface area contributed by atoms with Gasteiger partial charge in [-0.15, -0.1) is 0 Å². The molecule has 0 atom stereocenters. The van der Waals surface area contributed by atoms with Crippen LogP contribution in [0.3, 0.4) is 0 Å². The van der Waals surface area contributed by atoms with Crippen LogP contribution in [0.2, 0.25) is 0 Å². The maximum Gasteiger partial charge on any atom is 0.264 e. The lowest BCUT2D eigenvalue weighted by Gasteiger charge is -2.06. The van der Waals surface area contributed by atoms with Crippen LogP contribution in [0.15, 0.2) is 41.0 Å². The standard InChI is InChI=1S/C12H13NO4S/c1-9-2-4-11(5-3-9)18(15,16)13-12(14)10-6-7-17-8-10/h2-5,8H,6-7H2,1H3,(H,13,14). The second-order valence-electron chi connectivity index (χ2n) is 4.01. The zero-order valence-corrected chi connectivity index (χ0v) is 10.7. The van der Waals surface area contributed by atoms with E-state index in [-0.39, 0.29) is 4.90 Å². The summed E-state index contributed by atoms with van der Waals surface area (Å²) >= 11 is 0. The molecule has 0 saturated carbocycles. The molecule has 1 aromatic carbocycles. The summed E-state index contributed by atoms with van der Waals surface area (Å²) in [5.41, 5.74) is 1.29. The minimum atomic E-state index is -3.81. The molecular formula is C12H13NO4S. The number of hydrogen-bond donors (Lipinski definition) is 1. The average molecular weight is 267 g/mol. The van der Waals surface area contributed by atoms with Gasteiger partial charge in [0.2, 0.25) is 0 Å². The van der Waals surface area contributed by atoms with Gasteiger partial charge in [-0.2, -0.15) is 0 Å². The summed E-state index contributed by atoms with van der Waals surface area (Å²) in [6, 6.07) is 6.28. The Hall–Kier alpha value is -1.82. The molecule has 0 aromatic heterocycles. The zero-order valence-electron chi connectivity index (χ0n) is 9.84. The van der Waals surface area contributed by atoms with E-state index in [0.717, 1.165) is 5.56 Å². The molecule has 1 aliphatic rings. The van der Waals surface area contributed by atoms with E-state index in [1.54, 1.807) is 12.1 Å². The van der Waals surface area contributed by atoms with Crippen molar-refractivity contribution in [3.63, 3.8) is 0 Å². The molecule has 0 bridgehead atoms. The smallest absolute Gasteiger partial charge is 0.264 e. The SMILES string of the molecule is Cc1ccc(S(=O)(=O)NC(=O)C2=COCC2)cc1. The molecule has 5 nitrogen and oxygen atoms in total. The lowest BCUT2D eigenvalue weighted by Crippen LogP contribution is -2.31. The van der Waals surface area contributed by atoms with Crippen molar-refractivity contribution in [3.8, 4) is 0 Å². The molecule has 18 heavy (non-hydrogen) atoms. The number of aryl methyl sites for hydroxylation is 1. The molecule has 0 unspecified atom stereocenters. The van der Waals surface area contributed by atoms with Crippen LogP contribution in [0.4, 0.5) is 0 Å². The molecule has 6 heteroatoms. The number of carbonyl (C=O) groups excluding carboxylic acids is 1. The van der Waals surface area contributed by atoms with Crippen molar-refractivity contribution in [1.29, 1.82) is 0 Å². The zero-order chi connectivity index (χ0) is 13.2. The lowest BCUT2D eigenvalue weighted by atomic mass is 10.2. The quantitative estimate of drug-likeness (QED) is 0.890. The summed E-state index contributed by atoms with van der Waals surface area (Å²) in [7, 11) is -3.81. The van der Waals surface area contributed by atoms with Crippen molar-refractivity contribution in [3.05, 3.63) is 41.7 Å². The van der Waals surface area contributed by atoms with Crippen molar-refractivity contribution >= 4 is 15.9 Å². The first-order valence-electron chi connectivity index (χ1n) is 5.43. The van der Waals surface area contributed by atoms with Gasteiger partial charge >= 0.3 is 0 Å². The van der Waals surface area contributed by atoms with Crippen LogP contribution in [-0.4, -0.2) is 20.9 Å². The Kier molecular flexibility index (Phi) is 3.38. The third kappa shape index (κ3) is 2.70. The van der Waals surface area contributed by atoms with Crippen molar-refractivity contribution in [2.75, 3.05) is 6.61 Å². The highest BCUT2D eigenvalue weighted by Gasteiger charge is 2.21. The van der Waals surface area contributed by atoms with Gasteiger partial charge in [0.05, 0.1) is 23.3 Å². The molecule has 2 rings (SSSR count). The molecule has 1 aromatic rings. The molecule has 1 amide bonds. The van der Waals surface area contributed by atoms with Gasteiger partial charge in [-0.05, 0) is 19.1 Å². The molecule has 0 saturated heterocycles. The first-order valence-corrected chi connectivity index (χ1v) is 6.92. The fourth-order valence-corrected chi connectivity index (χ4v) is 2.51. The van der Waals surface area contributed by atoms with Gasteiger partial charge in [0.25, 0.3) is 15.9 Å². The minimum Gasteiger partial charge on any atom is -0.500 e. The van der Waals surface area contributed by atoms with E-state index in [2.05, 4.69) is 0 Å². The maximum atomic E-state index is 11.9. The Labute approximate surface area is 106 Å². The Morgan fingerprint density at radius 1 is 1.28 bits per heavy atom. The van der Waals surface area contributed by atoms with Gasteiger partial charge in [-0.1, -0.05) is 17.7 Å². The number of carbonyl (C=O) groups is 1. The minimum absolute atomic E-state index is 0.0703. The molecule has 1 N–H and O–H groups in total. The van der Waals surface area contributed by atoms with Crippen LogP contribution in [0.1, 0.15) is 12.0 Å². The summed E-state index contributed by atoms with van der Waals surface area (Å²) in [5.74, 6) is -0.631. The van der Waals surface area contributed by atoms with Gasteiger partial charge in [-0.3, -0.25) is 4.79 Å². The van der Waals surface area contributed by atoms with Gasteiger partial charge in [0.15, 0.2) is 0 Å². The Bertz CT molecular complexity index is 587. The lowest BCUT2D eigenvalue weighted by molar-refractivity contribution is -0.115. The van der Waals surface area contributed by atoms with Crippen LogP contribution >= 0.6 is 0 Å². The Morgan fingerprint density at radius 3 is 2.50 bits per heavy atom. The average Bonchev–Trinajstić information content (AvgIpc) is 2.82. The van der Waals surface area contributed by atoms with Gasteiger partial charge in [0.1, 0.15) is 0 Å². The first-order chi connectivity index (χ1) is 8.49. The highest BCUT2D eigenvalue weighted by atomic mass is 32.2. The van der Waals surface area contributed by atoms with E-state index in [1.165, 1.54) is 18.4 Å².